The molecule has 0 saturated heterocycles. The minimum atomic E-state index is -0.141. The third-order valence-corrected chi connectivity index (χ3v) is 5.53. The van der Waals surface area contributed by atoms with Gasteiger partial charge in [-0.05, 0) is 38.0 Å². The SMILES string of the molecule is CCCCCCCCCCCCC#CC#CCCCCCCCCC(=O)NC(C)CO. The Morgan fingerprint density at radius 3 is 1.58 bits per heavy atom. The molecule has 0 aliphatic rings. The van der Waals surface area contributed by atoms with Crippen LogP contribution in [0, 0.1) is 23.7 Å². The predicted octanol–water partition coefficient (Wildman–Crippen LogP) is 6.92. The van der Waals surface area contributed by atoms with Crippen LogP contribution in [-0.4, -0.2) is 23.7 Å². The summed E-state index contributed by atoms with van der Waals surface area (Å²) >= 11 is 0. The van der Waals surface area contributed by atoms with E-state index in [1.165, 1.54) is 83.5 Å². The van der Waals surface area contributed by atoms with Crippen molar-refractivity contribution in [3.8, 4) is 23.7 Å². The van der Waals surface area contributed by atoms with E-state index in [2.05, 4.69) is 35.9 Å². The van der Waals surface area contributed by atoms with Crippen LogP contribution in [0.25, 0.3) is 0 Å². The summed E-state index contributed by atoms with van der Waals surface area (Å²) in [7, 11) is 0. The maximum absolute atomic E-state index is 11.6. The van der Waals surface area contributed by atoms with Crippen LogP contribution in [0.2, 0.25) is 0 Å². The number of carbonyl (C=O) groups is 1. The van der Waals surface area contributed by atoms with E-state index < -0.39 is 0 Å². The zero-order valence-corrected chi connectivity index (χ0v) is 20.6. The molecule has 178 valence electrons. The number of amides is 1. The van der Waals surface area contributed by atoms with Gasteiger partial charge in [-0.2, -0.15) is 0 Å². The standard InChI is InChI=1S/C28H49NO2/c1-3-4-5-6-7-8-9-10-11-12-13-14-15-16-17-18-19-20-21-22-23-24-25-28(31)29-27(2)26-30/h27,30H,3-13,18-26H2,1-2H3,(H,29,31). The molecule has 0 fully saturated rings. The van der Waals surface area contributed by atoms with E-state index in [0.717, 1.165) is 32.1 Å². The summed E-state index contributed by atoms with van der Waals surface area (Å²) in [5.41, 5.74) is 0. The molecule has 3 heteroatoms. The van der Waals surface area contributed by atoms with Gasteiger partial charge in [0.2, 0.25) is 5.91 Å². The Balaban J connectivity index is 3.33. The molecule has 1 atom stereocenters. The van der Waals surface area contributed by atoms with Gasteiger partial charge in [-0.3, -0.25) is 4.79 Å². The van der Waals surface area contributed by atoms with Crippen LogP contribution in [0.4, 0.5) is 0 Å². The third kappa shape index (κ3) is 24.7. The summed E-state index contributed by atoms with van der Waals surface area (Å²) < 4.78 is 0. The van der Waals surface area contributed by atoms with E-state index in [4.69, 9.17) is 5.11 Å². The summed E-state index contributed by atoms with van der Waals surface area (Å²) in [5.74, 6) is 12.4. The lowest BCUT2D eigenvalue weighted by molar-refractivity contribution is -0.122. The minimum absolute atomic E-state index is 0.000424. The molecular weight excluding hydrogens is 382 g/mol. The van der Waals surface area contributed by atoms with Crippen LogP contribution in [0.5, 0.6) is 0 Å². The lowest BCUT2D eigenvalue weighted by Crippen LogP contribution is -2.34. The largest absolute Gasteiger partial charge is 0.394 e. The first-order chi connectivity index (χ1) is 15.2. The first-order valence-corrected chi connectivity index (χ1v) is 13.1. The molecule has 0 saturated carbocycles. The molecule has 0 aromatic heterocycles. The van der Waals surface area contributed by atoms with Crippen molar-refractivity contribution in [2.24, 2.45) is 0 Å². The first kappa shape index (κ1) is 29.5. The number of unbranched alkanes of at least 4 members (excludes halogenated alkanes) is 16. The number of hydrogen-bond donors (Lipinski definition) is 2. The van der Waals surface area contributed by atoms with Gasteiger partial charge in [-0.15, -0.1) is 0 Å². The average molecular weight is 432 g/mol. The van der Waals surface area contributed by atoms with Gasteiger partial charge in [0.1, 0.15) is 0 Å². The van der Waals surface area contributed by atoms with Gasteiger partial charge < -0.3 is 10.4 Å². The van der Waals surface area contributed by atoms with E-state index in [0.29, 0.717) is 6.42 Å². The van der Waals surface area contributed by atoms with Crippen LogP contribution in [0.15, 0.2) is 0 Å². The van der Waals surface area contributed by atoms with Gasteiger partial charge >= 0.3 is 0 Å². The number of carbonyl (C=O) groups excluding carboxylic acids is 1. The van der Waals surface area contributed by atoms with Gasteiger partial charge in [0.25, 0.3) is 0 Å². The molecule has 0 aliphatic carbocycles. The minimum Gasteiger partial charge on any atom is -0.394 e. The third-order valence-electron chi connectivity index (χ3n) is 5.53. The molecule has 1 unspecified atom stereocenters. The van der Waals surface area contributed by atoms with E-state index in [1.54, 1.807) is 0 Å². The molecule has 0 aliphatic heterocycles. The van der Waals surface area contributed by atoms with Crippen molar-refractivity contribution < 1.29 is 9.90 Å². The quantitative estimate of drug-likeness (QED) is 0.162. The summed E-state index contributed by atoms with van der Waals surface area (Å²) in [5, 5.41) is 11.7. The van der Waals surface area contributed by atoms with Crippen LogP contribution < -0.4 is 5.32 Å². The molecule has 0 aromatic rings. The summed E-state index contributed by atoms with van der Waals surface area (Å²) in [6.07, 6.45) is 22.9. The Kier molecular flexibility index (Phi) is 23.7. The van der Waals surface area contributed by atoms with Gasteiger partial charge in [0, 0.05) is 25.3 Å². The monoisotopic (exact) mass is 431 g/mol. The van der Waals surface area contributed by atoms with Crippen molar-refractivity contribution in [2.45, 2.75) is 142 Å². The molecule has 1 amide bonds. The van der Waals surface area contributed by atoms with Crippen molar-refractivity contribution in [3.05, 3.63) is 0 Å². The molecule has 0 rings (SSSR count). The van der Waals surface area contributed by atoms with Crippen molar-refractivity contribution in [3.63, 3.8) is 0 Å². The smallest absolute Gasteiger partial charge is 0.220 e. The highest BCUT2D eigenvalue weighted by molar-refractivity contribution is 5.76. The molecule has 2 N–H and O–H groups in total. The normalized spacial score (nSPS) is 11.2. The van der Waals surface area contributed by atoms with Crippen LogP contribution in [-0.2, 0) is 4.79 Å². The molecular formula is C28H49NO2. The molecule has 0 radical (unpaired) electrons. The summed E-state index contributed by atoms with van der Waals surface area (Å²) in [4.78, 5) is 11.6. The van der Waals surface area contributed by atoms with Gasteiger partial charge in [-0.1, -0.05) is 102 Å². The number of rotatable bonds is 20. The highest BCUT2D eigenvalue weighted by Gasteiger charge is 2.05. The fraction of sp³-hybridized carbons (Fsp3) is 0.821. The highest BCUT2D eigenvalue weighted by Crippen LogP contribution is 2.11. The van der Waals surface area contributed by atoms with Gasteiger partial charge in [0.05, 0.1) is 6.61 Å². The van der Waals surface area contributed by atoms with E-state index in [-0.39, 0.29) is 18.6 Å². The summed E-state index contributed by atoms with van der Waals surface area (Å²) in [6.45, 7) is 4.08. The van der Waals surface area contributed by atoms with E-state index in [9.17, 15) is 4.79 Å². The Morgan fingerprint density at radius 2 is 1.13 bits per heavy atom. The molecule has 3 nitrogen and oxygen atoms in total. The Morgan fingerprint density at radius 1 is 0.710 bits per heavy atom. The fourth-order valence-corrected chi connectivity index (χ4v) is 3.51. The Hall–Kier alpha value is -1.45. The highest BCUT2D eigenvalue weighted by atomic mass is 16.3. The lowest BCUT2D eigenvalue weighted by atomic mass is 10.1. The molecule has 0 heterocycles. The molecule has 0 spiro atoms. The molecule has 31 heavy (non-hydrogen) atoms. The van der Waals surface area contributed by atoms with Crippen molar-refractivity contribution in [1.82, 2.24) is 5.32 Å². The number of aliphatic hydroxyl groups is 1. The first-order valence-electron chi connectivity index (χ1n) is 13.1. The maximum Gasteiger partial charge on any atom is 0.220 e. The zero-order chi connectivity index (χ0) is 22.8. The predicted molar refractivity (Wildman–Crippen MR) is 134 cm³/mol. The zero-order valence-electron chi connectivity index (χ0n) is 20.6. The van der Waals surface area contributed by atoms with Crippen molar-refractivity contribution >= 4 is 5.91 Å². The van der Waals surface area contributed by atoms with Crippen LogP contribution >= 0.6 is 0 Å². The van der Waals surface area contributed by atoms with Crippen LogP contribution in [0.1, 0.15) is 136 Å². The molecule has 0 bridgehead atoms. The van der Waals surface area contributed by atoms with E-state index in [1.807, 2.05) is 6.92 Å². The number of aliphatic hydroxyl groups excluding tert-OH is 1. The van der Waals surface area contributed by atoms with Gasteiger partial charge in [0.15, 0.2) is 0 Å². The van der Waals surface area contributed by atoms with E-state index >= 15 is 0 Å². The lowest BCUT2D eigenvalue weighted by Gasteiger charge is -2.10. The van der Waals surface area contributed by atoms with Crippen molar-refractivity contribution in [1.29, 1.82) is 0 Å². The average Bonchev–Trinajstić information content (AvgIpc) is 2.77. The Bertz CT molecular complexity index is 521. The summed E-state index contributed by atoms with van der Waals surface area (Å²) in [6, 6.07) is -0.141. The number of nitrogens with one attached hydrogen (secondary N) is 1. The van der Waals surface area contributed by atoms with Crippen LogP contribution in [0.3, 0.4) is 0 Å². The maximum atomic E-state index is 11.6. The van der Waals surface area contributed by atoms with Gasteiger partial charge in [-0.25, -0.2) is 0 Å². The fourth-order valence-electron chi connectivity index (χ4n) is 3.51. The second-order valence-corrected chi connectivity index (χ2v) is 8.81. The second-order valence-electron chi connectivity index (χ2n) is 8.81. The second kappa shape index (κ2) is 24.8. The molecule has 0 aromatic carbocycles. The van der Waals surface area contributed by atoms with Crippen molar-refractivity contribution in [2.75, 3.05) is 6.61 Å². The topological polar surface area (TPSA) is 49.3 Å². The number of hydrogen-bond acceptors (Lipinski definition) is 2. The Labute approximate surface area is 193 Å².